The van der Waals surface area contributed by atoms with Crippen molar-refractivity contribution in [2.24, 2.45) is 0 Å². The summed E-state index contributed by atoms with van der Waals surface area (Å²) >= 11 is 0. The van der Waals surface area contributed by atoms with Gasteiger partial charge in [0.15, 0.2) is 0 Å². The zero-order chi connectivity index (χ0) is 17.3. The third-order valence-corrected chi connectivity index (χ3v) is 2.93. The fourth-order valence-corrected chi connectivity index (χ4v) is 1.42. The van der Waals surface area contributed by atoms with E-state index >= 15 is 0 Å². The van der Waals surface area contributed by atoms with Gasteiger partial charge in [-0.2, -0.15) is 0 Å². The van der Waals surface area contributed by atoms with E-state index in [0.29, 0.717) is 37.2 Å². The molecule has 0 bridgehead atoms. The van der Waals surface area contributed by atoms with E-state index in [4.69, 9.17) is 14.2 Å². The minimum absolute atomic E-state index is 0.0504. The second kappa shape index (κ2) is 9.41. The lowest BCUT2D eigenvalue weighted by molar-refractivity contribution is -0.153. The molecule has 1 unspecified atom stereocenters. The Balaban J connectivity index is 3.93. The first kappa shape index (κ1) is 20.4. The molecule has 0 aromatic carbocycles. The van der Waals surface area contributed by atoms with E-state index in [1.54, 1.807) is 13.8 Å². The normalized spacial score (nSPS) is 12.4. The minimum atomic E-state index is -0.609. The molecule has 0 spiro atoms. The van der Waals surface area contributed by atoms with E-state index in [0.717, 1.165) is 0 Å². The predicted molar refractivity (Wildman–Crippen MR) is 85.4 cm³/mol. The summed E-state index contributed by atoms with van der Waals surface area (Å²) < 4.78 is 16.0. The van der Waals surface area contributed by atoms with E-state index in [1.165, 1.54) is 0 Å². The fraction of sp³-hybridized carbons (Fsp3) is 0.647. The molecular formula is C17H28O5. The van der Waals surface area contributed by atoms with Crippen LogP contribution in [0.25, 0.3) is 0 Å². The van der Waals surface area contributed by atoms with Gasteiger partial charge in [0, 0.05) is 24.0 Å². The standard InChI is InChI=1S/C17H28O5/c1-12(2)15(18)21-10-8-14(5)20-11-9-17(6,7)22-16(19)13(3)4/h14H,1,3,8-11H2,2,4-7H3. The highest BCUT2D eigenvalue weighted by atomic mass is 16.6. The lowest BCUT2D eigenvalue weighted by Crippen LogP contribution is -2.30. The highest BCUT2D eigenvalue weighted by Crippen LogP contribution is 2.17. The fourth-order valence-electron chi connectivity index (χ4n) is 1.42. The number of rotatable bonds is 10. The molecule has 0 N–H and O–H groups in total. The summed E-state index contributed by atoms with van der Waals surface area (Å²) in [6.07, 6.45) is 1.12. The predicted octanol–water partition coefficient (Wildman–Crippen LogP) is 3.19. The molecule has 0 aliphatic heterocycles. The van der Waals surface area contributed by atoms with E-state index < -0.39 is 11.6 Å². The van der Waals surface area contributed by atoms with Gasteiger partial charge in [-0.1, -0.05) is 13.2 Å². The highest BCUT2D eigenvalue weighted by molar-refractivity contribution is 5.87. The number of carbonyl (C=O) groups excluding carboxylic acids is 2. The lowest BCUT2D eigenvalue weighted by atomic mass is 10.1. The summed E-state index contributed by atoms with van der Waals surface area (Å²) in [6.45, 7) is 16.6. The Labute approximate surface area is 133 Å². The molecule has 0 fully saturated rings. The Kier molecular flexibility index (Phi) is 8.72. The van der Waals surface area contributed by atoms with Crippen LogP contribution in [-0.4, -0.2) is 36.9 Å². The first-order valence-electron chi connectivity index (χ1n) is 7.38. The van der Waals surface area contributed by atoms with E-state index in [-0.39, 0.29) is 12.1 Å². The molecule has 0 radical (unpaired) electrons. The van der Waals surface area contributed by atoms with Crippen molar-refractivity contribution in [2.75, 3.05) is 13.2 Å². The van der Waals surface area contributed by atoms with Crippen molar-refractivity contribution in [3.05, 3.63) is 24.3 Å². The lowest BCUT2D eigenvalue weighted by Gasteiger charge is -2.26. The van der Waals surface area contributed by atoms with Crippen LogP contribution in [0.15, 0.2) is 24.3 Å². The quantitative estimate of drug-likeness (QED) is 0.458. The third-order valence-electron chi connectivity index (χ3n) is 2.93. The van der Waals surface area contributed by atoms with Crippen LogP contribution < -0.4 is 0 Å². The van der Waals surface area contributed by atoms with Gasteiger partial charge >= 0.3 is 11.9 Å². The highest BCUT2D eigenvalue weighted by Gasteiger charge is 2.23. The number of carbonyl (C=O) groups is 2. The molecule has 0 aliphatic rings. The third kappa shape index (κ3) is 9.34. The Morgan fingerprint density at radius 3 is 2.09 bits per heavy atom. The molecule has 1 atom stereocenters. The van der Waals surface area contributed by atoms with Gasteiger partial charge in [-0.25, -0.2) is 9.59 Å². The van der Waals surface area contributed by atoms with Crippen LogP contribution in [0, 0.1) is 0 Å². The zero-order valence-electron chi connectivity index (χ0n) is 14.4. The van der Waals surface area contributed by atoms with Crippen molar-refractivity contribution in [1.29, 1.82) is 0 Å². The van der Waals surface area contributed by atoms with Crippen LogP contribution in [0.3, 0.4) is 0 Å². The van der Waals surface area contributed by atoms with Gasteiger partial charge in [-0.05, 0) is 34.6 Å². The van der Waals surface area contributed by atoms with Crippen molar-refractivity contribution in [2.45, 2.75) is 59.2 Å². The Morgan fingerprint density at radius 1 is 1.05 bits per heavy atom. The topological polar surface area (TPSA) is 61.8 Å². The number of ether oxygens (including phenoxy) is 3. The van der Waals surface area contributed by atoms with Gasteiger partial charge in [-0.15, -0.1) is 0 Å². The van der Waals surface area contributed by atoms with Crippen LogP contribution in [0.1, 0.15) is 47.5 Å². The van der Waals surface area contributed by atoms with Gasteiger partial charge in [0.05, 0.1) is 19.3 Å². The minimum Gasteiger partial charge on any atom is -0.462 e. The Bertz CT molecular complexity index is 423. The SMILES string of the molecule is C=C(C)C(=O)OCCC(C)OCCC(C)(C)OC(=O)C(=C)C. The molecule has 0 aliphatic carbocycles. The molecule has 126 valence electrons. The zero-order valence-corrected chi connectivity index (χ0v) is 14.4. The van der Waals surface area contributed by atoms with Crippen LogP contribution >= 0.6 is 0 Å². The van der Waals surface area contributed by atoms with Crippen LogP contribution in [0.2, 0.25) is 0 Å². The van der Waals surface area contributed by atoms with Crippen LogP contribution in [-0.2, 0) is 23.8 Å². The number of esters is 2. The summed E-state index contributed by atoms with van der Waals surface area (Å²) in [4.78, 5) is 22.7. The summed E-state index contributed by atoms with van der Waals surface area (Å²) in [7, 11) is 0. The molecular weight excluding hydrogens is 284 g/mol. The molecule has 0 aromatic heterocycles. The monoisotopic (exact) mass is 312 g/mol. The summed E-state index contributed by atoms with van der Waals surface area (Å²) in [5, 5.41) is 0. The van der Waals surface area contributed by atoms with Gasteiger partial charge in [-0.3, -0.25) is 0 Å². The Morgan fingerprint density at radius 2 is 1.59 bits per heavy atom. The van der Waals surface area contributed by atoms with Crippen molar-refractivity contribution < 1.29 is 23.8 Å². The van der Waals surface area contributed by atoms with Gasteiger partial charge in [0.2, 0.25) is 0 Å². The molecule has 0 saturated heterocycles. The second-order valence-corrected chi connectivity index (χ2v) is 6.07. The summed E-state index contributed by atoms with van der Waals surface area (Å²) in [6, 6.07) is 0. The first-order chi connectivity index (χ1) is 10.0. The molecule has 0 amide bonds. The van der Waals surface area contributed by atoms with Crippen molar-refractivity contribution in [1.82, 2.24) is 0 Å². The molecule has 5 nitrogen and oxygen atoms in total. The Hall–Kier alpha value is -1.62. The van der Waals surface area contributed by atoms with E-state index in [9.17, 15) is 9.59 Å². The maximum Gasteiger partial charge on any atom is 0.333 e. The molecule has 0 saturated carbocycles. The van der Waals surface area contributed by atoms with Crippen LogP contribution in [0.5, 0.6) is 0 Å². The number of hydrogen-bond donors (Lipinski definition) is 0. The van der Waals surface area contributed by atoms with Gasteiger partial charge in [0.25, 0.3) is 0 Å². The molecule has 0 rings (SSSR count). The first-order valence-corrected chi connectivity index (χ1v) is 7.38. The largest absolute Gasteiger partial charge is 0.462 e. The molecule has 0 aromatic rings. The van der Waals surface area contributed by atoms with Gasteiger partial charge in [0.1, 0.15) is 5.60 Å². The average molecular weight is 312 g/mol. The number of hydrogen-bond acceptors (Lipinski definition) is 5. The molecule has 22 heavy (non-hydrogen) atoms. The summed E-state index contributed by atoms with van der Waals surface area (Å²) in [5.74, 6) is -0.787. The van der Waals surface area contributed by atoms with Gasteiger partial charge < -0.3 is 14.2 Å². The van der Waals surface area contributed by atoms with E-state index in [2.05, 4.69) is 13.2 Å². The molecule has 5 heteroatoms. The van der Waals surface area contributed by atoms with Crippen molar-refractivity contribution in [3.8, 4) is 0 Å². The van der Waals surface area contributed by atoms with Crippen LogP contribution in [0.4, 0.5) is 0 Å². The van der Waals surface area contributed by atoms with Crippen molar-refractivity contribution in [3.63, 3.8) is 0 Å². The smallest absolute Gasteiger partial charge is 0.333 e. The summed E-state index contributed by atoms with van der Waals surface area (Å²) in [5.41, 5.74) is 0.152. The maximum absolute atomic E-state index is 11.5. The second-order valence-electron chi connectivity index (χ2n) is 6.07. The van der Waals surface area contributed by atoms with Crippen molar-refractivity contribution >= 4 is 11.9 Å². The molecule has 0 heterocycles. The van der Waals surface area contributed by atoms with E-state index in [1.807, 2.05) is 20.8 Å². The maximum atomic E-state index is 11.5. The average Bonchev–Trinajstić information content (AvgIpc) is 2.37.